The van der Waals surface area contributed by atoms with Crippen LogP contribution in [-0.2, 0) is 11.2 Å². The Morgan fingerprint density at radius 1 is 1.24 bits per heavy atom. The largest absolute Gasteiger partial charge is 0.480 e. The number of carbonyl (C=O) groups excluding carboxylic acids is 1. The number of aliphatic carboxylic acids is 1. The average molecular weight is 294 g/mol. The van der Waals surface area contributed by atoms with Crippen molar-refractivity contribution in [1.82, 2.24) is 10.2 Å². The molecule has 0 fully saturated rings. The quantitative estimate of drug-likeness (QED) is 0.700. The Morgan fingerprint density at radius 3 is 2.38 bits per heavy atom. The van der Waals surface area contributed by atoms with Crippen LogP contribution in [0.4, 0.5) is 4.79 Å². The summed E-state index contributed by atoms with van der Waals surface area (Å²) in [5.41, 5.74) is 2.25. The zero-order chi connectivity index (χ0) is 15.8. The second-order valence-electron chi connectivity index (χ2n) is 4.96. The summed E-state index contributed by atoms with van der Waals surface area (Å²) in [7, 11) is 0. The van der Waals surface area contributed by atoms with E-state index in [1.807, 2.05) is 31.2 Å². The Morgan fingerprint density at radius 2 is 1.86 bits per heavy atom. The first-order chi connectivity index (χ1) is 9.93. The zero-order valence-electron chi connectivity index (χ0n) is 12.4. The van der Waals surface area contributed by atoms with E-state index in [0.717, 1.165) is 5.56 Å². The fraction of sp³-hybridized carbons (Fsp3) is 0.467. The molecule has 0 aromatic heterocycles. The predicted molar refractivity (Wildman–Crippen MR) is 79.2 cm³/mol. The molecule has 21 heavy (non-hydrogen) atoms. The molecule has 3 N–H and O–H groups in total. The molecule has 0 bridgehead atoms. The number of carbonyl (C=O) groups is 2. The van der Waals surface area contributed by atoms with Gasteiger partial charge in [-0.05, 0) is 25.8 Å². The molecule has 6 nitrogen and oxygen atoms in total. The monoisotopic (exact) mass is 294 g/mol. The van der Waals surface area contributed by atoms with E-state index in [1.54, 1.807) is 0 Å². The van der Waals surface area contributed by atoms with E-state index in [4.69, 9.17) is 10.2 Å². The van der Waals surface area contributed by atoms with Crippen LogP contribution in [0, 0.1) is 6.92 Å². The zero-order valence-corrected chi connectivity index (χ0v) is 12.4. The molecule has 116 valence electrons. The van der Waals surface area contributed by atoms with Crippen molar-refractivity contribution in [3.8, 4) is 0 Å². The van der Waals surface area contributed by atoms with Gasteiger partial charge in [-0.3, -0.25) is 4.79 Å². The van der Waals surface area contributed by atoms with Crippen LogP contribution >= 0.6 is 0 Å². The minimum Gasteiger partial charge on any atom is -0.480 e. The van der Waals surface area contributed by atoms with Gasteiger partial charge in [0.25, 0.3) is 0 Å². The van der Waals surface area contributed by atoms with Crippen molar-refractivity contribution < 1.29 is 19.8 Å². The second kappa shape index (κ2) is 8.26. The van der Waals surface area contributed by atoms with Crippen molar-refractivity contribution in [3.05, 3.63) is 35.4 Å². The Bertz CT molecular complexity index is 473. The number of aliphatic hydroxyl groups excluding tert-OH is 1. The van der Waals surface area contributed by atoms with Crippen LogP contribution < -0.4 is 5.32 Å². The van der Waals surface area contributed by atoms with Crippen molar-refractivity contribution in [2.45, 2.75) is 26.3 Å². The number of hydrogen-bond donors (Lipinski definition) is 3. The number of rotatable bonds is 7. The van der Waals surface area contributed by atoms with Crippen LogP contribution in [0.5, 0.6) is 0 Å². The Hall–Kier alpha value is -2.08. The number of benzene rings is 1. The third-order valence-electron chi connectivity index (χ3n) is 3.16. The summed E-state index contributed by atoms with van der Waals surface area (Å²) in [6, 6.07) is 6.54. The smallest absolute Gasteiger partial charge is 0.325 e. The van der Waals surface area contributed by atoms with Crippen LogP contribution in [0.15, 0.2) is 24.3 Å². The maximum Gasteiger partial charge on any atom is 0.325 e. The van der Waals surface area contributed by atoms with E-state index >= 15 is 0 Å². The van der Waals surface area contributed by atoms with Gasteiger partial charge in [0, 0.05) is 13.1 Å². The van der Waals surface area contributed by atoms with Crippen LogP contribution in [0.25, 0.3) is 0 Å². The number of hydrogen-bond acceptors (Lipinski definition) is 3. The van der Waals surface area contributed by atoms with Crippen molar-refractivity contribution >= 4 is 12.0 Å². The van der Waals surface area contributed by atoms with Gasteiger partial charge in [-0.15, -0.1) is 0 Å². The number of urea groups is 1. The first-order valence-electron chi connectivity index (χ1n) is 6.88. The molecule has 0 saturated heterocycles. The molecule has 1 aromatic carbocycles. The maximum atomic E-state index is 12.0. The van der Waals surface area contributed by atoms with E-state index in [1.165, 1.54) is 17.4 Å². The molecule has 2 amide bonds. The molecule has 1 rings (SSSR count). The van der Waals surface area contributed by atoms with Gasteiger partial charge in [-0.2, -0.15) is 0 Å². The van der Waals surface area contributed by atoms with Crippen molar-refractivity contribution in [2.75, 3.05) is 19.7 Å². The van der Waals surface area contributed by atoms with Gasteiger partial charge in [0.2, 0.25) is 0 Å². The number of aliphatic hydroxyl groups is 1. The minimum absolute atomic E-state index is 0.164. The number of nitrogens with zero attached hydrogens (tertiary/aromatic N) is 1. The van der Waals surface area contributed by atoms with E-state index in [2.05, 4.69) is 5.32 Å². The summed E-state index contributed by atoms with van der Waals surface area (Å²) in [4.78, 5) is 24.1. The molecule has 0 saturated carbocycles. The maximum absolute atomic E-state index is 12.0. The lowest BCUT2D eigenvalue weighted by atomic mass is 10.1. The second-order valence-corrected chi connectivity index (χ2v) is 4.96. The molecule has 6 heteroatoms. The highest BCUT2D eigenvalue weighted by Crippen LogP contribution is 2.05. The average Bonchev–Trinajstić information content (AvgIpc) is 2.44. The third kappa shape index (κ3) is 5.83. The number of carboxylic acids is 1. The van der Waals surface area contributed by atoms with Crippen LogP contribution in [0.2, 0.25) is 0 Å². The number of amides is 2. The molecule has 0 heterocycles. The van der Waals surface area contributed by atoms with Crippen LogP contribution in [0.1, 0.15) is 18.1 Å². The van der Waals surface area contributed by atoms with E-state index in [9.17, 15) is 9.59 Å². The van der Waals surface area contributed by atoms with Gasteiger partial charge in [0.05, 0.1) is 6.61 Å². The Kier molecular flexibility index (Phi) is 6.68. The fourth-order valence-electron chi connectivity index (χ4n) is 1.79. The van der Waals surface area contributed by atoms with Gasteiger partial charge in [0.15, 0.2) is 0 Å². The van der Waals surface area contributed by atoms with Crippen molar-refractivity contribution in [2.24, 2.45) is 0 Å². The normalized spacial score (nSPS) is 11.8. The summed E-state index contributed by atoms with van der Waals surface area (Å²) in [5, 5.41) is 20.2. The first kappa shape index (κ1) is 17.0. The lowest BCUT2D eigenvalue weighted by molar-refractivity contribution is -0.138. The van der Waals surface area contributed by atoms with Crippen LogP contribution in [-0.4, -0.2) is 52.9 Å². The molecule has 0 unspecified atom stereocenters. The molecular formula is C15H22N2O4. The highest BCUT2D eigenvalue weighted by molar-refractivity contribution is 5.82. The molecule has 0 radical (unpaired) electrons. The summed E-state index contributed by atoms with van der Waals surface area (Å²) in [6.45, 7) is 3.83. The molecular weight excluding hydrogens is 272 g/mol. The van der Waals surface area contributed by atoms with E-state index in [0.29, 0.717) is 13.0 Å². The highest BCUT2D eigenvalue weighted by atomic mass is 16.4. The Labute approximate surface area is 124 Å². The molecule has 0 aliphatic heterocycles. The predicted octanol–water partition coefficient (Wildman–Crippen LogP) is 1.01. The summed E-state index contributed by atoms with van der Waals surface area (Å²) >= 11 is 0. The molecule has 1 atom stereocenters. The molecule has 0 spiro atoms. The van der Waals surface area contributed by atoms with Gasteiger partial charge >= 0.3 is 12.0 Å². The van der Waals surface area contributed by atoms with E-state index < -0.39 is 18.0 Å². The van der Waals surface area contributed by atoms with Crippen LogP contribution in [0.3, 0.4) is 0 Å². The third-order valence-corrected chi connectivity index (χ3v) is 3.16. The SMILES string of the molecule is Cc1ccc(CCN(CCO)C(=O)N[C@@H](C)C(=O)O)cc1. The number of nitrogens with one attached hydrogen (secondary N) is 1. The number of carboxylic acid groups (broad SMARTS) is 1. The molecule has 1 aromatic rings. The summed E-state index contributed by atoms with van der Waals surface area (Å²) < 4.78 is 0. The standard InChI is InChI=1S/C15H22N2O4/c1-11-3-5-13(6-4-11)7-8-17(9-10-18)15(21)16-12(2)14(19)20/h3-6,12,18H,7-10H2,1-2H3,(H,16,21)(H,19,20)/t12-/m0/s1. The number of aryl methyl sites for hydroxylation is 1. The summed E-state index contributed by atoms with van der Waals surface area (Å²) in [5.74, 6) is -1.09. The van der Waals surface area contributed by atoms with Gasteiger partial charge in [-0.1, -0.05) is 29.8 Å². The van der Waals surface area contributed by atoms with Crippen molar-refractivity contribution in [3.63, 3.8) is 0 Å². The lowest BCUT2D eigenvalue weighted by Crippen LogP contribution is -2.48. The first-order valence-corrected chi connectivity index (χ1v) is 6.88. The summed E-state index contributed by atoms with van der Waals surface area (Å²) in [6.07, 6.45) is 0.648. The fourth-order valence-corrected chi connectivity index (χ4v) is 1.79. The lowest BCUT2D eigenvalue weighted by Gasteiger charge is -2.23. The molecule has 0 aliphatic carbocycles. The van der Waals surface area contributed by atoms with Gasteiger partial charge in [-0.25, -0.2) is 4.79 Å². The molecule has 0 aliphatic rings. The van der Waals surface area contributed by atoms with Gasteiger partial charge < -0.3 is 20.4 Å². The minimum atomic E-state index is -1.09. The topological polar surface area (TPSA) is 89.9 Å². The van der Waals surface area contributed by atoms with E-state index in [-0.39, 0.29) is 13.2 Å². The van der Waals surface area contributed by atoms with Crippen molar-refractivity contribution in [1.29, 1.82) is 0 Å². The highest BCUT2D eigenvalue weighted by Gasteiger charge is 2.18. The van der Waals surface area contributed by atoms with Gasteiger partial charge in [0.1, 0.15) is 6.04 Å². The Balaban J connectivity index is 2.58.